The summed E-state index contributed by atoms with van der Waals surface area (Å²) < 4.78 is 16.3. The maximum Gasteiger partial charge on any atom is 0.339 e. The van der Waals surface area contributed by atoms with Gasteiger partial charge in [0.2, 0.25) is 0 Å². The van der Waals surface area contributed by atoms with E-state index in [1.807, 2.05) is 36.4 Å². The van der Waals surface area contributed by atoms with Crippen molar-refractivity contribution >= 4 is 11.9 Å². The predicted octanol–water partition coefficient (Wildman–Crippen LogP) is 2.72. The molecule has 1 saturated heterocycles. The van der Waals surface area contributed by atoms with Crippen LogP contribution in [0.3, 0.4) is 0 Å². The summed E-state index contributed by atoms with van der Waals surface area (Å²) in [6, 6.07) is 16.4. The van der Waals surface area contributed by atoms with E-state index in [1.165, 1.54) is 0 Å². The first-order valence-corrected chi connectivity index (χ1v) is 9.03. The van der Waals surface area contributed by atoms with Gasteiger partial charge < -0.3 is 19.5 Å². The zero-order valence-electron chi connectivity index (χ0n) is 15.1. The number of nitrogens with one attached hydrogen (secondary N) is 1. The molecule has 0 aromatic heterocycles. The molecule has 0 aliphatic carbocycles. The van der Waals surface area contributed by atoms with Crippen molar-refractivity contribution in [3.05, 3.63) is 65.7 Å². The summed E-state index contributed by atoms with van der Waals surface area (Å²) >= 11 is 0. The largest absolute Gasteiger partial charge is 0.489 e. The summed E-state index contributed by atoms with van der Waals surface area (Å²) in [5.74, 6) is -0.166. The van der Waals surface area contributed by atoms with Gasteiger partial charge in [-0.3, -0.25) is 4.79 Å². The average molecular weight is 369 g/mol. The molecule has 6 heteroatoms. The third-order valence-corrected chi connectivity index (χ3v) is 4.26. The summed E-state index contributed by atoms with van der Waals surface area (Å²) in [6.45, 7) is 1.09. The molecule has 3 rings (SSSR count). The van der Waals surface area contributed by atoms with Gasteiger partial charge in [-0.2, -0.15) is 0 Å². The van der Waals surface area contributed by atoms with E-state index >= 15 is 0 Å². The van der Waals surface area contributed by atoms with Crippen LogP contribution in [0.15, 0.2) is 54.6 Å². The van der Waals surface area contributed by atoms with Gasteiger partial charge in [-0.05, 0) is 31.0 Å². The maximum atomic E-state index is 12.4. The molecule has 27 heavy (non-hydrogen) atoms. The van der Waals surface area contributed by atoms with Crippen LogP contribution in [-0.2, 0) is 20.9 Å². The van der Waals surface area contributed by atoms with Gasteiger partial charge in [0.05, 0.1) is 11.7 Å². The number of hydrogen-bond acceptors (Lipinski definition) is 5. The van der Waals surface area contributed by atoms with Gasteiger partial charge in [-0.25, -0.2) is 4.79 Å². The number of para-hydroxylation sites is 1. The van der Waals surface area contributed by atoms with Crippen LogP contribution in [-0.4, -0.2) is 37.7 Å². The van der Waals surface area contributed by atoms with Crippen molar-refractivity contribution in [2.24, 2.45) is 0 Å². The number of hydrogen-bond donors (Lipinski definition) is 1. The minimum absolute atomic E-state index is 0.0560. The maximum absolute atomic E-state index is 12.4. The van der Waals surface area contributed by atoms with Crippen molar-refractivity contribution < 1.29 is 23.8 Å². The molecule has 142 valence electrons. The fourth-order valence-corrected chi connectivity index (χ4v) is 2.82. The van der Waals surface area contributed by atoms with Crippen LogP contribution < -0.4 is 10.1 Å². The second kappa shape index (κ2) is 9.73. The smallest absolute Gasteiger partial charge is 0.339 e. The molecule has 1 heterocycles. The van der Waals surface area contributed by atoms with Gasteiger partial charge in [-0.1, -0.05) is 36.4 Å². The van der Waals surface area contributed by atoms with E-state index in [0.717, 1.165) is 19.4 Å². The number of carbonyl (C=O) groups excluding carboxylic acids is 2. The first-order chi connectivity index (χ1) is 13.2. The Labute approximate surface area is 158 Å². The Bertz CT molecular complexity index is 756. The van der Waals surface area contributed by atoms with Crippen molar-refractivity contribution in [3.8, 4) is 5.75 Å². The highest BCUT2D eigenvalue weighted by molar-refractivity contribution is 5.92. The molecule has 0 radical (unpaired) electrons. The molecule has 2 aromatic rings. The van der Waals surface area contributed by atoms with Crippen molar-refractivity contribution in [3.63, 3.8) is 0 Å². The first kappa shape index (κ1) is 18.9. The van der Waals surface area contributed by atoms with Crippen molar-refractivity contribution in [2.45, 2.75) is 25.6 Å². The van der Waals surface area contributed by atoms with Crippen LogP contribution in [0, 0.1) is 0 Å². The standard InChI is InChI=1S/C21H23NO5/c23-20(22-13-18-10-6-12-25-18)15-27-21(24)19-11-5-4-7-16(19)14-26-17-8-2-1-3-9-17/h1-5,7-9,11,18H,6,10,12-15H2,(H,22,23)/t18-/m1/s1. The molecule has 2 aromatic carbocycles. The van der Waals surface area contributed by atoms with E-state index in [4.69, 9.17) is 14.2 Å². The lowest BCUT2D eigenvalue weighted by Gasteiger charge is -2.12. The number of rotatable bonds is 8. The number of amides is 1. The Kier molecular flexibility index (Phi) is 6.82. The zero-order chi connectivity index (χ0) is 18.9. The SMILES string of the molecule is O=C(COC(=O)c1ccccc1COc1ccccc1)NC[C@H]1CCCO1. The minimum atomic E-state index is -0.547. The number of ether oxygens (including phenoxy) is 3. The summed E-state index contributed by atoms with van der Waals surface area (Å²) in [5, 5.41) is 2.73. The van der Waals surface area contributed by atoms with E-state index in [0.29, 0.717) is 23.4 Å². The molecule has 0 saturated carbocycles. The predicted molar refractivity (Wildman–Crippen MR) is 99.5 cm³/mol. The van der Waals surface area contributed by atoms with Crippen molar-refractivity contribution in [1.29, 1.82) is 0 Å². The fourth-order valence-electron chi connectivity index (χ4n) is 2.82. The quantitative estimate of drug-likeness (QED) is 0.724. The van der Waals surface area contributed by atoms with E-state index in [9.17, 15) is 9.59 Å². The third-order valence-electron chi connectivity index (χ3n) is 4.26. The van der Waals surface area contributed by atoms with Gasteiger partial charge in [0.1, 0.15) is 12.4 Å². The van der Waals surface area contributed by atoms with Crippen molar-refractivity contribution in [2.75, 3.05) is 19.8 Å². The Morgan fingerprint density at radius 2 is 1.85 bits per heavy atom. The zero-order valence-corrected chi connectivity index (χ0v) is 15.1. The molecule has 1 aliphatic heterocycles. The molecule has 0 unspecified atom stereocenters. The van der Waals surface area contributed by atoms with Gasteiger partial charge in [-0.15, -0.1) is 0 Å². The molecule has 1 aliphatic rings. The molecule has 0 bridgehead atoms. The lowest BCUT2D eigenvalue weighted by atomic mass is 10.1. The van der Waals surface area contributed by atoms with Crippen LogP contribution in [0.5, 0.6) is 5.75 Å². The Morgan fingerprint density at radius 1 is 1.07 bits per heavy atom. The lowest BCUT2D eigenvalue weighted by Crippen LogP contribution is -2.34. The van der Waals surface area contributed by atoms with E-state index in [-0.39, 0.29) is 25.2 Å². The number of carbonyl (C=O) groups is 2. The Morgan fingerprint density at radius 3 is 2.63 bits per heavy atom. The first-order valence-electron chi connectivity index (χ1n) is 9.03. The highest BCUT2D eigenvalue weighted by Crippen LogP contribution is 2.15. The van der Waals surface area contributed by atoms with Gasteiger partial charge in [0.25, 0.3) is 5.91 Å². The molecule has 1 atom stereocenters. The van der Waals surface area contributed by atoms with Crippen LogP contribution in [0.1, 0.15) is 28.8 Å². The van der Waals surface area contributed by atoms with Crippen LogP contribution in [0.25, 0.3) is 0 Å². The van der Waals surface area contributed by atoms with Gasteiger partial charge >= 0.3 is 5.97 Å². The summed E-state index contributed by atoms with van der Waals surface area (Å²) in [7, 11) is 0. The molecular weight excluding hydrogens is 346 g/mol. The molecule has 1 amide bonds. The topological polar surface area (TPSA) is 73.9 Å². The second-order valence-electron chi connectivity index (χ2n) is 6.27. The second-order valence-corrected chi connectivity index (χ2v) is 6.27. The molecule has 0 spiro atoms. The summed E-state index contributed by atoms with van der Waals surface area (Å²) in [4.78, 5) is 24.2. The van der Waals surface area contributed by atoms with Gasteiger partial charge in [0, 0.05) is 18.7 Å². The summed E-state index contributed by atoms with van der Waals surface area (Å²) in [5.41, 5.74) is 1.09. The van der Waals surface area contributed by atoms with E-state index in [2.05, 4.69) is 5.32 Å². The van der Waals surface area contributed by atoms with Gasteiger partial charge in [0.15, 0.2) is 6.61 Å². The highest BCUT2D eigenvalue weighted by atomic mass is 16.5. The number of esters is 1. The molecule has 1 N–H and O–H groups in total. The molecular formula is C21H23NO5. The summed E-state index contributed by atoms with van der Waals surface area (Å²) in [6.07, 6.45) is 2.01. The van der Waals surface area contributed by atoms with E-state index in [1.54, 1.807) is 18.2 Å². The number of benzene rings is 2. The lowest BCUT2D eigenvalue weighted by molar-refractivity contribution is -0.124. The normalized spacial score (nSPS) is 15.9. The highest BCUT2D eigenvalue weighted by Gasteiger charge is 2.18. The fraction of sp³-hybridized carbons (Fsp3) is 0.333. The monoisotopic (exact) mass is 369 g/mol. The Balaban J connectivity index is 1.49. The van der Waals surface area contributed by atoms with Crippen LogP contribution in [0.4, 0.5) is 0 Å². The molecule has 1 fully saturated rings. The van der Waals surface area contributed by atoms with Crippen LogP contribution in [0.2, 0.25) is 0 Å². The van der Waals surface area contributed by atoms with Crippen molar-refractivity contribution in [1.82, 2.24) is 5.32 Å². The Hall–Kier alpha value is -2.86. The van der Waals surface area contributed by atoms with E-state index < -0.39 is 5.97 Å². The third kappa shape index (κ3) is 5.82. The average Bonchev–Trinajstić information content (AvgIpc) is 3.23. The van der Waals surface area contributed by atoms with Crippen LogP contribution >= 0.6 is 0 Å². The minimum Gasteiger partial charge on any atom is -0.489 e. The molecule has 6 nitrogen and oxygen atoms in total.